The van der Waals surface area contributed by atoms with Crippen LogP contribution in [0.15, 0.2) is 24.3 Å². The van der Waals surface area contributed by atoms with Crippen molar-refractivity contribution in [2.75, 3.05) is 6.54 Å². The molecule has 0 spiro atoms. The number of carbonyl (C=O) groups is 1. The number of fused-ring (bicyclic) bond motifs is 3. The van der Waals surface area contributed by atoms with Crippen molar-refractivity contribution in [3.63, 3.8) is 0 Å². The van der Waals surface area contributed by atoms with Crippen LogP contribution in [0.25, 0.3) is 10.9 Å². The van der Waals surface area contributed by atoms with E-state index in [4.69, 9.17) is 0 Å². The highest BCUT2D eigenvalue weighted by molar-refractivity contribution is 6.00. The second-order valence-electron chi connectivity index (χ2n) is 5.39. The normalized spacial score (nSPS) is 14.9. The highest BCUT2D eigenvalue weighted by Gasteiger charge is 2.20. The maximum atomic E-state index is 11.9. The second kappa shape index (κ2) is 4.16. The molecule has 2 aromatic rings. The molecule has 1 aliphatic rings. The lowest BCUT2D eigenvalue weighted by Crippen LogP contribution is -2.34. The molecule has 0 aliphatic carbocycles. The van der Waals surface area contributed by atoms with Gasteiger partial charge in [-0.15, -0.1) is 0 Å². The number of benzene rings is 1. The van der Waals surface area contributed by atoms with Crippen LogP contribution in [0, 0.1) is 5.92 Å². The minimum Gasteiger partial charge on any atom is -0.349 e. The second-order valence-corrected chi connectivity index (χ2v) is 5.39. The van der Waals surface area contributed by atoms with Crippen molar-refractivity contribution < 1.29 is 4.79 Å². The molecule has 0 saturated heterocycles. The number of rotatable bonds is 2. The number of nitrogens with zero attached hydrogens (tertiary/aromatic N) is 1. The minimum atomic E-state index is 0.0490. The summed E-state index contributed by atoms with van der Waals surface area (Å²) in [5, 5.41) is 4.08. The van der Waals surface area contributed by atoms with Gasteiger partial charge in [-0.1, -0.05) is 32.0 Å². The van der Waals surface area contributed by atoms with Crippen LogP contribution in [0.3, 0.4) is 0 Å². The SMILES string of the molecule is CC(C)Cc1cccc2cc3n(c12)CCNC3=O. The molecule has 0 atom stereocenters. The molecule has 3 heteroatoms. The zero-order valence-electron chi connectivity index (χ0n) is 10.9. The summed E-state index contributed by atoms with van der Waals surface area (Å²) in [6, 6.07) is 8.37. The Morgan fingerprint density at radius 1 is 1.39 bits per heavy atom. The number of hydrogen-bond acceptors (Lipinski definition) is 1. The van der Waals surface area contributed by atoms with Crippen molar-refractivity contribution in [3.05, 3.63) is 35.5 Å². The van der Waals surface area contributed by atoms with Gasteiger partial charge in [0.2, 0.25) is 0 Å². The Kier molecular flexibility index (Phi) is 2.62. The standard InChI is InChI=1S/C15H18N2O/c1-10(2)8-11-4-3-5-12-9-13-15(18)16-6-7-17(13)14(11)12/h3-5,9-10H,6-8H2,1-2H3,(H,16,18). The van der Waals surface area contributed by atoms with Crippen molar-refractivity contribution in [2.45, 2.75) is 26.8 Å². The molecule has 1 aromatic carbocycles. The predicted molar refractivity (Wildman–Crippen MR) is 72.8 cm³/mol. The summed E-state index contributed by atoms with van der Waals surface area (Å²) in [6.45, 7) is 6.06. The van der Waals surface area contributed by atoms with Crippen LogP contribution in [0.1, 0.15) is 29.9 Å². The molecule has 2 heterocycles. The van der Waals surface area contributed by atoms with Gasteiger partial charge < -0.3 is 9.88 Å². The molecule has 0 unspecified atom stereocenters. The summed E-state index contributed by atoms with van der Waals surface area (Å²) in [6.07, 6.45) is 1.06. The molecule has 1 N–H and O–H groups in total. The van der Waals surface area contributed by atoms with Crippen LogP contribution in [0.4, 0.5) is 0 Å². The molecule has 0 bridgehead atoms. The number of hydrogen-bond donors (Lipinski definition) is 1. The zero-order valence-corrected chi connectivity index (χ0v) is 10.9. The summed E-state index contributed by atoms with van der Waals surface area (Å²) in [4.78, 5) is 11.9. The molecule has 94 valence electrons. The van der Waals surface area contributed by atoms with Gasteiger partial charge in [-0.3, -0.25) is 4.79 Å². The largest absolute Gasteiger partial charge is 0.349 e. The van der Waals surface area contributed by atoms with Crippen molar-refractivity contribution in [1.29, 1.82) is 0 Å². The highest BCUT2D eigenvalue weighted by Crippen LogP contribution is 2.26. The number of nitrogens with one attached hydrogen (secondary N) is 1. The fourth-order valence-corrected chi connectivity index (χ4v) is 2.80. The molecule has 0 saturated carbocycles. The summed E-state index contributed by atoms with van der Waals surface area (Å²) in [5.74, 6) is 0.673. The van der Waals surface area contributed by atoms with E-state index >= 15 is 0 Å². The molecule has 3 rings (SSSR count). The van der Waals surface area contributed by atoms with Crippen molar-refractivity contribution in [3.8, 4) is 0 Å². The first kappa shape index (κ1) is 11.3. The zero-order chi connectivity index (χ0) is 12.7. The molecule has 1 amide bonds. The average Bonchev–Trinajstić information content (AvgIpc) is 2.69. The van der Waals surface area contributed by atoms with Crippen LogP contribution < -0.4 is 5.32 Å². The highest BCUT2D eigenvalue weighted by atomic mass is 16.2. The fourth-order valence-electron chi connectivity index (χ4n) is 2.80. The monoisotopic (exact) mass is 242 g/mol. The number of aromatic nitrogens is 1. The first-order valence-corrected chi connectivity index (χ1v) is 6.56. The van der Waals surface area contributed by atoms with E-state index in [9.17, 15) is 4.79 Å². The van der Waals surface area contributed by atoms with Gasteiger partial charge >= 0.3 is 0 Å². The van der Waals surface area contributed by atoms with Gasteiger partial charge in [0.05, 0.1) is 5.52 Å². The van der Waals surface area contributed by atoms with E-state index < -0.39 is 0 Å². The lowest BCUT2D eigenvalue weighted by molar-refractivity contribution is 0.0929. The molecule has 1 aliphatic heterocycles. The van der Waals surface area contributed by atoms with Crippen molar-refractivity contribution >= 4 is 16.8 Å². The maximum Gasteiger partial charge on any atom is 0.268 e. The summed E-state index contributed by atoms with van der Waals surface area (Å²) in [5.41, 5.74) is 3.40. The van der Waals surface area contributed by atoms with E-state index in [0.717, 1.165) is 25.2 Å². The first-order valence-electron chi connectivity index (χ1n) is 6.56. The quantitative estimate of drug-likeness (QED) is 0.863. The maximum absolute atomic E-state index is 11.9. The number of carbonyl (C=O) groups excluding carboxylic acids is 1. The third kappa shape index (κ3) is 1.70. The van der Waals surface area contributed by atoms with Crippen LogP contribution in [0.2, 0.25) is 0 Å². The smallest absolute Gasteiger partial charge is 0.268 e. The summed E-state index contributed by atoms with van der Waals surface area (Å²) in [7, 11) is 0. The molecule has 0 radical (unpaired) electrons. The Morgan fingerprint density at radius 3 is 3.00 bits per heavy atom. The van der Waals surface area contributed by atoms with E-state index in [0.29, 0.717) is 5.92 Å². The van der Waals surface area contributed by atoms with Gasteiger partial charge in [-0.05, 0) is 24.0 Å². The van der Waals surface area contributed by atoms with Gasteiger partial charge in [0, 0.05) is 18.5 Å². The topological polar surface area (TPSA) is 34.0 Å². The molecular weight excluding hydrogens is 224 g/mol. The lowest BCUT2D eigenvalue weighted by atomic mass is 10.0. The van der Waals surface area contributed by atoms with Crippen LogP contribution in [0.5, 0.6) is 0 Å². The third-order valence-corrected chi connectivity index (χ3v) is 3.49. The van der Waals surface area contributed by atoms with E-state index in [1.165, 1.54) is 16.5 Å². The van der Waals surface area contributed by atoms with Crippen molar-refractivity contribution in [1.82, 2.24) is 9.88 Å². The Morgan fingerprint density at radius 2 is 2.22 bits per heavy atom. The average molecular weight is 242 g/mol. The molecular formula is C15H18N2O. The van der Waals surface area contributed by atoms with Crippen LogP contribution in [-0.4, -0.2) is 17.0 Å². The Labute approximate surface area is 107 Å². The Hall–Kier alpha value is -1.77. The van der Waals surface area contributed by atoms with Gasteiger partial charge in [0.15, 0.2) is 0 Å². The summed E-state index contributed by atoms with van der Waals surface area (Å²) >= 11 is 0. The Bertz CT molecular complexity index is 610. The number of para-hydroxylation sites is 1. The van der Waals surface area contributed by atoms with E-state index in [-0.39, 0.29) is 5.91 Å². The lowest BCUT2D eigenvalue weighted by Gasteiger charge is -2.18. The third-order valence-electron chi connectivity index (χ3n) is 3.49. The van der Waals surface area contributed by atoms with Crippen molar-refractivity contribution in [2.24, 2.45) is 5.92 Å². The Balaban J connectivity index is 2.23. The van der Waals surface area contributed by atoms with Gasteiger partial charge in [0.25, 0.3) is 5.91 Å². The molecule has 3 nitrogen and oxygen atoms in total. The van der Waals surface area contributed by atoms with Gasteiger partial charge in [-0.25, -0.2) is 0 Å². The predicted octanol–water partition coefficient (Wildman–Crippen LogP) is 2.58. The van der Waals surface area contributed by atoms with E-state index in [1.54, 1.807) is 0 Å². The van der Waals surface area contributed by atoms with E-state index in [2.05, 4.69) is 41.9 Å². The van der Waals surface area contributed by atoms with E-state index in [1.807, 2.05) is 6.07 Å². The first-order chi connectivity index (χ1) is 8.66. The fraction of sp³-hybridized carbons (Fsp3) is 0.400. The van der Waals surface area contributed by atoms with Crippen LogP contribution >= 0.6 is 0 Å². The molecule has 18 heavy (non-hydrogen) atoms. The van der Waals surface area contributed by atoms with Gasteiger partial charge in [-0.2, -0.15) is 0 Å². The van der Waals surface area contributed by atoms with Gasteiger partial charge in [0.1, 0.15) is 5.69 Å². The minimum absolute atomic E-state index is 0.0490. The number of amides is 1. The molecule has 0 fully saturated rings. The molecule has 1 aromatic heterocycles. The van der Waals surface area contributed by atoms with Crippen LogP contribution in [-0.2, 0) is 13.0 Å². The summed E-state index contributed by atoms with van der Waals surface area (Å²) < 4.78 is 2.17.